The van der Waals surface area contributed by atoms with Crippen molar-refractivity contribution in [2.45, 2.75) is 12.5 Å². The number of hydrogen-bond acceptors (Lipinski definition) is 5. The summed E-state index contributed by atoms with van der Waals surface area (Å²) in [5, 5.41) is 10.3. The fourth-order valence-electron chi connectivity index (χ4n) is 2.82. The minimum Gasteiger partial charge on any atom is -0.350 e. The molecule has 0 bridgehead atoms. The van der Waals surface area contributed by atoms with Crippen molar-refractivity contribution >= 4 is 23.2 Å². The Morgan fingerprint density at radius 2 is 2.04 bits per heavy atom. The van der Waals surface area contributed by atoms with E-state index in [1.165, 1.54) is 11.3 Å². The summed E-state index contributed by atoms with van der Waals surface area (Å²) in [6.07, 6.45) is 5.24. The van der Waals surface area contributed by atoms with Crippen LogP contribution < -0.4 is 5.32 Å². The number of likely N-dealkylation sites (tertiary alicyclic amines) is 1. The predicted octanol–water partition coefficient (Wildman–Crippen LogP) is 1.72. The molecule has 4 rings (SSSR count). The zero-order valence-corrected chi connectivity index (χ0v) is 14.7. The van der Waals surface area contributed by atoms with Gasteiger partial charge in [-0.1, -0.05) is 30.3 Å². The number of aromatic nitrogens is 3. The van der Waals surface area contributed by atoms with Gasteiger partial charge < -0.3 is 10.2 Å². The monoisotopic (exact) mass is 367 g/mol. The van der Waals surface area contributed by atoms with E-state index in [1.807, 2.05) is 30.3 Å². The number of carbonyl (C=O) groups is 2. The fraction of sp³-hybridized carbons (Fsp3) is 0.222. The molecule has 1 fully saturated rings. The van der Waals surface area contributed by atoms with Gasteiger partial charge in [0.05, 0.1) is 24.9 Å². The average Bonchev–Trinajstić information content (AvgIpc) is 3.30. The molecule has 1 saturated heterocycles. The standard InChI is InChI=1S/C18H17N5O2S/c24-16(6-12-7-20-21-8-12)22-14-10-23(11-14)18(25)15-9-19-17(26-15)13-4-2-1-3-5-13/h1-5,7-9,14H,6,10-11H2,(H,20,21)(H,22,24). The van der Waals surface area contributed by atoms with Gasteiger partial charge in [-0.25, -0.2) is 4.98 Å². The zero-order chi connectivity index (χ0) is 17.9. The second-order valence-electron chi connectivity index (χ2n) is 6.15. The maximum Gasteiger partial charge on any atom is 0.265 e. The van der Waals surface area contributed by atoms with Crippen molar-refractivity contribution in [1.29, 1.82) is 0 Å². The second-order valence-corrected chi connectivity index (χ2v) is 7.18. The topological polar surface area (TPSA) is 91.0 Å². The Bertz CT molecular complexity index is 901. The van der Waals surface area contributed by atoms with E-state index in [9.17, 15) is 9.59 Å². The number of benzene rings is 1. The molecule has 0 radical (unpaired) electrons. The van der Waals surface area contributed by atoms with E-state index in [-0.39, 0.29) is 24.3 Å². The highest BCUT2D eigenvalue weighted by atomic mass is 32.1. The third-order valence-electron chi connectivity index (χ3n) is 4.19. The lowest BCUT2D eigenvalue weighted by molar-refractivity contribution is -0.122. The molecule has 2 N–H and O–H groups in total. The number of carbonyl (C=O) groups excluding carboxylic acids is 2. The van der Waals surface area contributed by atoms with Gasteiger partial charge in [-0.05, 0) is 5.56 Å². The molecular weight excluding hydrogens is 350 g/mol. The van der Waals surface area contributed by atoms with E-state index >= 15 is 0 Å². The Morgan fingerprint density at radius 1 is 1.23 bits per heavy atom. The summed E-state index contributed by atoms with van der Waals surface area (Å²) in [6, 6.07) is 9.80. The van der Waals surface area contributed by atoms with E-state index < -0.39 is 0 Å². The van der Waals surface area contributed by atoms with E-state index in [0.29, 0.717) is 18.0 Å². The van der Waals surface area contributed by atoms with Crippen molar-refractivity contribution in [3.8, 4) is 10.6 Å². The van der Waals surface area contributed by atoms with E-state index in [2.05, 4.69) is 20.5 Å². The second kappa shape index (κ2) is 7.09. The highest BCUT2D eigenvalue weighted by Crippen LogP contribution is 2.26. The molecule has 1 aliphatic heterocycles. The van der Waals surface area contributed by atoms with Crippen LogP contribution in [0.25, 0.3) is 10.6 Å². The van der Waals surface area contributed by atoms with Gasteiger partial charge in [0.2, 0.25) is 5.91 Å². The number of rotatable bonds is 5. The minimum atomic E-state index is -0.0624. The van der Waals surface area contributed by atoms with Crippen LogP contribution in [0.5, 0.6) is 0 Å². The van der Waals surface area contributed by atoms with Gasteiger partial charge in [0.1, 0.15) is 9.88 Å². The number of thiazole rings is 1. The normalized spacial score (nSPS) is 14.1. The molecule has 3 aromatic rings. The highest BCUT2D eigenvalue weighted by molar-refractivity contribution is 7.16. The molecule has 0 spiro atoms. The molecule has 3 heterocycles. The Hall–Kier alpha value is -3.00. The summed E-state index contributed by atoms with van der Waals surface area (Å²) in [6.45, 7) is 1.04. The summed E-state index contributed by atoms with van der Waals surface area (Å²) < 4.78 is 0. The molecule has 8 heteroatoms. The van der Waals surface area contributed by atoms with Crippen LogP contribution in [-0.4, -0.2) is 51.0 Å². The van der Waals surface area contributed by atoms with Gasteiger partial charge >= 0.3 is 0 Å². The van der Waals surface area contributed by atoms with Crippen LogP contribution in [0.2, 0.25) is 0 Å². The van der Waals surface area contributed by atoms with Crippen molar-refractivity contribution in [2.24, 2.45) is 0 Å². The first kappa shape index (κ1) is 16.5. The molecule has 0 atom stereocenters. The Morgan fingerprint density at radius 3 is 2.77 bits per heavy atom. The van der Waals surface area contributed by atoms with Gasteiger partial charge in [0.25, 0.3) is 5.91 Å². The molecule has 1 aromatic carbocycles. The minimum absolute atomic E-state index is 0.000124. The van der Waals surface area contributed by atoms with Crippen LogP contribution in [0.15, 0.2) is 48.9 Å². The molecule has 2 aromatic heterocycles. The lowest BCUT2D eigenvalue weighted by Crippen LogP contribution is -2.61. The lowest BCUT2D eigenvalue weighted by atomic mass is 10.1. The van der Waals surface area contributed by atoms with Crippen LogP contribution in [0.3, 0.4) is 0 Å². The molecule has 0 unspecified atom stereocenters. The van der Waals surface area contributed by atoms with Crippen LogP contribution in [0, 0.1) is 0 Å². The number of hydrogen-bond donors (Lipinski definition) is 2. The summed E-state index contributed by atoms with van der Waals surface area (Å²) in [4.78, 5) is 31.2. The number of nitrogens with zero attached hydrogens (tertiary/aromatic N) is 3. The maximum atomic E-state index is 12.5. The third kappa shape index (κ3) is 3.50. The van der Waals surface area contributed by atoms with Crippen LogP contribution in [-0.2, 0) is 11.2 Å². The van der Waals surface area contributed by atoms with Gasteiger partial charge in [-0.3, -0.25) is 14.7 Å². The Balaban J connectivity index is 1.29. The van der Waals surface area contributed by atoms with Crippen molar-refractivity contribution in [2.75, 3.05) is 13.1 Å². The fourth-order valence-corrected chi connectivity index (χ4v) is 3.71. The molecule has 0 saturated carbocycles. The summed E-state index contributed by atoms with van der Waals surface area (Å²) in [7, 11) is 0. The van der Waals surface area contributed by atoms with Crippen molar-refractivity contribution < 1.29 is 9.59 Å². The van der Waals surface area contributed by atoms with Gasteiger partial charge in [-0.15, -0.1) is 11.3 Å². The molecule has 26 heavy (non-hydrogen) atoms. The van der Waals surface area contributed by atoms with Crippen molar-refractivity contribution in [3.05, 3.63) is 59.4 Å². The predicted molar refractivity (Wildman–Crippen MR) is 97.7 cm³/mol. The average molecular weight is 367 g/mol. The number of amides is 2. The third-order valence-corrected chi connectivity index (χ3v) is 5.23. The smallest absolute Gasteiger partial charge is 0.265 e. The van der Waals surface area contributed by atoms with Crippen molar-refractivity contribution in [3.63, 3.8) is 0 Å². The quantitative estimate of drug-likeness (QED) is 0.718. The Labute approximate surface area is 154 Å². The largest absolute Gasteiger partial charge is 0.350 e. The van der Waals surface area contributed by atoms with Gasteiger partial charge in [0.15, 0.2) is 0 Å². The van der Waals surface area contributed by atoms with E-state index in [4.69, 9.17) is 0 Å². The van der Waals surface area contributed by atoms with Gasteiger partial charge in [0, 0.05) is 24.8 Å². The van der Waals surface area contributed by atoms with Crippen LogP contribution in [0.1, 0.15) is 15.2 Å². The van der Waals surface area contributed by atoms with Gasteiger partial charge in [-0.2, -0.15) is 5.10 Å². The Kier molecular flexibility index (Phi) is 4.49. The first-order valence-electron chi connectivity index (χ1n) is 8.26. The van der Waals surface area contributed by atoms with Crippen LogP contribution in [0.4, 0.5) is 0 Å². The molecule has 2 amide bonds. The first-order chi connectivity index (χ1) is 12.7. The molecular formula is C18H17N5O2S. The summed E-state index contributed by atoms with van der Waals surface area (Å²) >= 11 is 1.39. The molecule has 7 nitrogen and oxygen atoms in total. The highest BCUT2D eigenvalue weighted by Gasteiger charge is 2.33. The SMILES string of the molecule is O=C(Cc1cn[nH]c1)NC1CN(C(=O)c2cnc(-c3ccccc3)s2)C1. The molecule has 0 aliphatic carbocycles. The number of nitrogens with one attached hydrogen (secondary N) is 2. The van der Waals surface area contributed by atoms with E-state index in [0.717, 1.165) is 16.1 Å². The zero-order valence-electron chi connectivity index (χ0n) is 13.9. The van der Waals surface area contributed by atoms with Crippen LogP contribution >= 0.6 is 11.3 Å². The number of H-pyrrole nitrogens is 1. The van der Waals surface area contributed by atoms with E-state index in [1.54, 1.807) is 23.5 Å². The molecule has 132 valence electrons. The van der Waals surface area contributed by atoms with Crippen molar-refractivity contribution in [1.82, 2.24) is 25.4 Å². The summed E-state index contributed by atoms with van der Waals surface area (Å²) in [5.74, 6) is -0.0994. The first-order valence-corrected chi connectivity index (χ1v) is 9.08. The number of aromatic amines is 1. The molecule has 1 aliphatic rings. The lowest BCUT2D eigenvalue weighted by Gasteiger charge is -2.39. The summed E-state index contributed by atoms with van der Waals surface area (Å²) in [5.41, 5.74) is 1.84. The maximum absolute atomic E-state index is 12.5.